The molecule has 0 radical (unpaired) electrons. The van der Waals surface area contributed by atoms with Gasteiger partial charge in [0.1, 0.15) is 0 Å². The molecule has 0 aromatic heterocycles. The van der Waals surface area contributed by atoms with E-state index in [9.17, 15) is 0 Å². The predicted molar refractivity (Wildman–Crippen MR) is 88.9 cm³/mol. The van der Waals surface area contributed by atoms with Crippen molar-refractivity contribution in [2.75, 3.05) is 19.6 Å². The van der Waals surface area contributed by atoms with Gasteiger partial charge in [-0.2, -0.15) is 0 Å². The first kappa shape index (κ1) is 17.2. The molecule has 0 bridgehead atoms. The average molecular weight is 276 g/mol. The summed E-state index contributed by atoms with van der Waals surface area (Å²) in [6.45, 7) is 13.6. The van der Waals surface area contributed by atoms with Crippen molar-refractivity contribution in [3.8, 4) is 0 Å². The highest BCUT2D eigenvalue weighted by molar-refractivity contribution is 5.14. The Hall–Kier alpha value is -0.860. The SMILES string of the molecule is CC(C)CNCCCCN(Cc1ccccc1)C(C)C. The van der Waals surface area contributed by atoms with Crippen LogP contribution in [-0.4, -0.2) is 30.6 Å². The molecule has 1 N–H and O–H groups in total. The van der Waals surface area contributed by atoms with Crippen LogP contribution in [0.15, 0.2) is 30.3 Å². The van der Waals surface area contributed by atoms with E-state index in [1.807, 2.05) is 0 Å². The summed E-state index contributed by atoms with van der Waals surface area (Å²) >= 11 is 0. The second-order valence-corrected chi connectivity index (χ2v) is 6.35. The van der Waals surface area contributed by atoms with Gasteiger partial charge in [0, 0.05) is 12.6 Å². The van der Waals surface area contributed by atoms with Gasteiger partial charge in [-0.3, -0.25) is 4.90 Å². The van der Waals surface area contributed by atoms with Crippen LogP contribution in [0.3, 0.4) is 0 Å². The standard InChI is InChI=1S/C18H32N2/c1-16(2)14-19-12-8-9-13-20(17(3)4)15-18-10-6-5-7-11-18/h5-7,10-11,16-17,19H,8-9,12-15H2,1-4H3. The van der Waals surface area contributed by atoms with Gasteiger partial charge in [0.15, 0.2) is 0 Å². The van der Waals surface area contributed by atoms with Crippen LogP contribution in [0.25, 0.3) is 0 Å². The van der Waals surface area contributed by atoms with E-state index in [4.69, 9.17) is 0 Å². The lowest BCUT2D eigenvalue weighted by molar-refractivity contribution is 0.208. The van der Waals surface area contributed by atoms with Crippen LogP contribution in [0.5, 0.6) is 0 Å². The molecule has 0 aliphatic heterocycles. The van der Waals surface area contributed by atoms with Crippen molar-refractivity contribution >= 4 is 0 Å². The smallest absolute Gasteiger partial charge is 0.0236 e. The molecule has 0 saturated carbocycles. The summed E-state index contributed by atoms with van der Waals surface area (Å²) in [4.78, 5) is 2.57. The predicted octanol–water partition coefficient (Wildman–Crippen LogP) is 3.92. The summed E-state index contributed by atoms with van der Waals surface area (Å²) in [6.07, 6.45) is 2.54. The fraction of sp³-hybridized carbons (Fsp3) is 0.667. The molecule has 1 aromatic carbocycles. The van der Waals surface area contributed by atoms with E-state index in [1.165, 1.54) is 24.9 Å². The van der Waals surface area contributed by atoms with Crippen molar-refractivity contribution in [1.29, 1.82) is 0 Å². The zero-order chi connectivity index (χ0) is 14.8. The minimum Gasteiger partial charge on any atom is -0.316 e. The van der Waals surface area contributed by atoms with Gasteiger partial charge >= 0.3 is 0 Å². The van der Waals surface area contributed by atoms with Gasteiger partial charge in [-0.25, -0.2) is 0 Å². The highest BCUT2D eigenvalue weighted by Crippen LogP contribution is 2.09. The summed E-state index contributed by atoms with van der Waals surface area (Å²) in [5.74, 6) is 0.750. The first-order chi connectivity index (χ1) is 9.59. The third kappa shape index (κ3) is 7.66. The van der Waals surface area contributed by atoms with Crippen molar-refractivity contribution in [3.05, 3.63) is 35.9 Å². The van der Waals surface area contributed by atoms with E-state index >= 15 is 0 Å². The van der Waals surface area contributed by atoms with E-state index in [0.717, 1.165) is 25.6 Å². The second kappa shape index (κ2) is 9.95. The number of rotatable bonds is 10. The fourth-order valence-corrected chi connectivity index (χ4v) is 2.29. The Balaban J connectivity index is 2.23. The van der Waals surface area contributed by atoms with E-state index in [1.54, 1.807) is 0 Å². The van der Waals surface area contributed by atoms with Crippen LogP contribution in [0, 0.1) is 5.92 Å². The normalized spacial score (nSPS) is 11.8. The number of benzene rings is 1. The summed E-state index contributed by atoms with van der Waals surface area (Å²) in [5, 5.41) is 3.52. The van der Waals surface area contributed by atoms with Gasteiger partial charge in [-0.05, 0) is 57.8 Å². The zero-order valence-electron chi connectivity index (χ0n) is 13.7. The lowest BCUT2D eigenvalue weighted by Crippen LogP contribution is -2.31. The molecule has 0 fully saturated rings. The maximum absolute atomic E-state index is 3.52. The monoisotopic (exact) mass is 276 g/mol. The van der Waals surface area contributed by atoms with E-state index in [-0.39, 0.29) is 0 Å². The minimum absolute atomic E-state index is 0.610. The second-order valence-electron chi connectivity index (χ2n) is 6.35. The minimum atomic E-state index is 0.610. The van der Waals surface area contributed by atoms with Crippen molar-refractivity contribution < 1.29 is 0 Å². The number of hydrogen-bond donors (Lipinski definition) is 1. The van der Waals surface area contributed by atoms with E-state index in [2.05, 4.69) is 68.2 Å². The van der Waals surface area contributed by atoms with Crippen LogP contribution < -0.4 is 5.32 Å². The molecule has 1 aromatic rings. The molecule has 2 heteroatoms. The Morgan fingerprint density at radius 3 is 2.30 bits per heavy atom. The summed E-state index contributed by atoms with van der Waals surface area (Å²) in [6, 6.07) is 11.4. The maximum atomic E-state index is 3.52. The van der Waals surface area contributed by atoms with Gasteiger partial charge in [-0.15, -0.1) is 0 Å². The largest absolute Gasteiger partial charge is 0.316 e. The van der Waals surface area contributed by atoms with Gasteiger partial charge < -0.3 is 5.32 Å². The molecule has 0 amide bonds. The van der Waals surface area contributed by atoms with Crippen LogP contribution in [-0.2, 0) is 6.54 Å². The zero-order valence-corrected chi connectivity index (χ0v) is 13.7. The summed E-state index contributed by atoms with van der Waals surface area (Å²) < 4.78 is 0. The highest BCUT2D eigenvalue weighted by atomic mass is 15.1. The van der Waals surface area contributed by atoms with Crippen LogP contribution in [0.1, 0.15) is 46.1 Å². The van der Waals surface area contributed by atoms with Crippen LogP contribution >= 0.6 is 0 Å². The number of nitrogens with zero attached hydrogens (tertiary/aromatic N) is 1. The van der Waals surface area contributed by atoms with Crippen molar-refractivity contribution in [1.82, 2.24) is 10.2 Å². The molecule has 0 heterocycles. The highest BCUT2D eigenvalue weighted by Gasteiger charge is 2.09. The molecule has 20 heavy (non-hydrogen) atoms. The summed E-state index contributed by atoms with van der Waals surface area (Å²) in [5.41, 5.74) is 1.42. The van der Waals surface area contributed by atoms with Gasteiger partial charge in [0.25, 0.3) is 0 Å². The Kier molecular flexibility index (Phi) is 8.56. The quantitative estimate of drug-likeness (QED) is 0.652. The van der Waals surface area contributed by atoms with Crippen molar-refractivity contribution in [2.45, 2.75) is 53.1 Å². The van der Waals surface area contributed by atoms with Gasteiger partial charge in [0.2, 0.25) is 0 Å². The van der Waals surface area contributed by atoms with Gasteiger partial charge in [-0.1, -0.05) is 44.2 Å². The molecule has 0 aliphatic rings. The number of unbranched alkanes of at least 4 members (excludes halogenated alkanes) is 1. The molecule has 0 spiro atoms. The Labute approximate surface area is 125 Å². The molecule has 0 saturated heterocycles. The topological polar surface area (TPSA) is 15.3 Å². The van der Waals surface area contributed by atoms with Crippen molar-refractivity contribution in [2.24, 2.45) is 5.92 Å². The molecule has 1 rings (SSSR count). The number of nitrogens with one attached hydrogen (secondary N) is 1. The third-order valence-corrected chi connectivity index (χ3v) is 3.56. The first-order valence-electron chi connectivity index (χ1n) is 8.08. The van der Waals surface area contributed by atoms with E-state index in [0.29, 0.717) is 6.04 Å². The van der Waals surface area contributed by atoms with Crippen LogP contribution in [0.2, 0.25) is 0 Å². The first-order valence-corrected chi connectivity index (χ1v) is 8.08. The van der Waals surface area contributed by atoms with Gasteiger partial charge in [0.05, 0.1) is 0 Å². The number of hydrogen-bond acceptors (Lipinski definition) is 2. The molecular formula is C18H32N2. The van der Waals surface area contributed by atoms with Crippen molar-refractivity contribution in [3.63, 3.8) is 0 Å². The summed E-state index contributed by atoms with van der Waals surface area (Å²) in [7, 11) is 0. The molecule has 2 nitrogen and oxygen atoms in total. The molecule has 0 unspecified atom stereocenters. The Morgan fingerprint density at radius 2 is 1.70 bits per heavy atom. The molecular weight excluding hydrogens is 244 g/mol. The molecule has 114 valence electrons. The average Bonchev–Trinajstić information content (AvgIpc) is 2.42. The molecule has 0 atom stereocenters. The third-order valence-electron chi connectivity index (χ3n) is 3.56. The lowest BCUT2D eigenvalue weighted by Gasteiger charge is -2.26. The van der Waals surface area contributed by atoms with E-state index < -0.39 is 0 Å². The lowest BCUT2D eigenvalue weighted by atomic mass is 10.1. The Bertz CT molecular complexity index is 333. The Morgan fingerprint density at radius 1 is 1.00 bits per heavy atom. The molecule has 0 aliphatic carbocycles. The fourth-order valence-electron chi connectivity index (χ4n) is 2.29. The maximum Gasteiger partial charge on any atom is 0.0236 e. The van der Waals surface area contributed by atoms with Crippen LogP contribution in [0.4, 0.5) is 0 Å².